The molecule has 0 aliphatic carbocycles. The third kappa shape index (κ3) is 8.62. The summed E-state index contributed by atoms with van der Waals surface area (Å²) in [5.74, 6) is 1.10. The molecule has 5 heterocycles. The highest BCUT2D eigenvalue weighted by molar-refractivity contribution is 5.62. The van der Waals surface area contributed by atoms with Gasteiger partial charge in [0.1, 0.15) is 17.5 Å². The van der Waals surface area contributed by atoms with Gasteiger partial charge in [-0.2, -0.15) is 9.36 Å². The molecule has 44 heavy (non-hydrogen) atoms. The third-order valence-corrected chi connectivity index (χ3v) is 8.56. The number of piperidine rings is 1. The number of aromatic nitrogens is 6. The molecule has 3 aromatic rings. The summed E-state index contributed by atoms with van der Waals surface area (Å²) in [6.07, 6.45) is 10.3. The highest BCUT2D eigenvalue weighted by atomic mass is 19.1. The molecule has 2 aromatic heterocycles. The molecule has 12 heteroatoms. The van der Waals surface area contributed by atoms with Gasteiger partial charge in [-0.05, 0) is 87.5 Å². The van der Waals surface area contributed by atoms with Gasteiger partial charge in [0.15, 0.2) is 5.82 Å². The van der Waals surface area contributed by atoms with E-state index in [1.807, 2.05) is 0 Å². The normalized spacial score (nSPS) is 20.8. The van der Waals surface area contributed by atoms with Crippen molar-refractivity contribution < 1.29 is 13.9 Å². The average molecular weight is 613 g/mol. The summed E-state index contributed by atoms with van der Waals surface area (Å²) in [5.41, 5.74) is 1.31. The van der Waals surface area contributed by atoms with Crippen LogP contribution in [0.2, 0.25) is 0 Å². The summed E-state index contributed by atoms with van der Waals surface area (Å²) in [5, 5.41) is 10.6. The van der Waals surface area contributed by atoms with E-state index in [-0.39, 0.29) is 17.7 Å². The summed E-state index contributed by atoms with van der Waals surface area (Å²) < 4.78 is 27.0. The number of anilines is 2. The van der Waals surface area contributed by atoms with Crippen LogP contribution in [0.15, 0.2) is 29.2 Å². The molecule has 0 bridgehead atoms. The van der Waals surface area contributed by atoms with Gasteiger partial charge in [0.25, 0.3) is 0 Å². The third-order valence-electron chi connectivity index (χ3n) is 8.56. The van der Waals surface area contributed by atoms with E-state index in [2.05, 4.69) is 65.2 Å². The van der Waals surface area contributed by atoms with Crippen LogP contribution in [0.3, 0.4) is 0 Å². The van der Waals surface area contributed by atoms with Gasteiger partial charge in [0.05, 0.1) is 25.1 Å². The van der Waals surface area contributed by atoms with E-state index in [1.54, 1.807) is 25.1 Å². The molecule has 2 atom stereocenters. The second-order valence-electron chi connectivity index (χ2n) is 12.8. The average Bonchev–Trinajstić information content (AvgIpc) is 3.76. The van der Waals surface area contributed by atoms with Crippen molar-refractivity contribution >= 4 is 11.6 Å². The summed E-state index contributed by atoms with van der Waals surface area (Å²) in [4.78, 5) is 23.0. The molecule has 0 amide bonds. The van der Waals surface area contributed by atoms with Gasteiger partial charge >= 0.3 is 5.69 Å². The van der Waals surface area contributed by atoms with Crippen LogP contribution < -0.4 is 15.7 Å². The number of tetrazole rings is 1. The number of nitrogens with zero attached hydrogens (tertiary/aromatic N) is 7. The second kappa shape index (κ2) is 15.1. The summed E-state index contributed by atoms with van der Waals surface area (Å²) >= 11 is 0. The van der Waals surface area contributed by atoms with Crippen LogP contribution in [0.5, 0.6) is 5.75 Å². The van der Waals surface area contributed by atoms with Crippen LogP contribution in [-0.2, 0) is 11.8 Å². The minimum Gasteiger partial charge on any atom is -0.486 e. The van der Waals surface area contributed by atoms with Crippen LogP contribution in [0, 0.1) is 18.7 Å². The van der Waals surface area contributed by atoms with E-state index >= 15 is 0 Å². The molecular weight excluding hydrogens is 563 g/mol. The van der Waals surface area contributed by atoms with Crippen molar-refractivity contribution in [2.45, 2.75) is 104 Å². The molecular formula is C32H49FN8O3. The zero-order chi connectivity index (χ0) is 31.9. The van der Waals surface area contributed by atoms with Gasteiger partial charge in [-0.15, -0.1) is 0 Å². The number of hydrogen-bond acceptors (Lipinski definition) is 9. The van der Waals surface area contributed by atoms with Crippen molar-refractivity contribution in [1.29, 1.82) is 0 Å². The van der Waals surface area contributed by atoms with Gasteiger partial charge in [-0.1, -0.05) is 33.6 Å². The number of rotatable bonds is 6. The molecule has 6 rings (SSSR count). The van der Waals surface area contributed by atoms with Crippen LogP contribution in [0.4, 0.5) is 16.0 Å². The lowest BCUT2D eigenvalue weighted by Gasteiger charge is -2.44. The Bertz CT molecular complexity index is 1420. The predicted molar refractivity (Wildman–Crippen MR) is 169 cm³/mol. The van der Waals surface area contributed by atoms with E-state index in [4.69, 9.17) is 9.47 Å². The Hall–Kier alpha value is -3.38. The minimum absolute atomic E-state index is 0.104. The van der Waals surface area contributed by atoms with Crippen molar-refractivity contribution in [3.05, 3.63) is 46.4 Å². The Morgan fingerprint density at radius 3 is 2.55 bits per heavy atom. The Morgan fingerprint density at radius 2 is 1.93 bits per heavy atom. The van der Waals surface area contributed by atoms with Gasteiger partial charge in [-0.25, -0.2) is 19.2 Å². The van der Waals surface area contributed by atoms with Crippen LogP contribution in [-0.4, -0.2) is 72.1 Å². The minimum atomic E-state index is -0.486. The van der Waals surface area contributed by atoms with Crippen molar-refractivity contribution in [3.63, 3.8) is 0 Å². The molecule has 0 radical (unpaired) electrons. The monoisotopic (exact) mass is 612 g/mol. The fraction of sp³-hybridized carbons (Fsp3) is 0.656. The van der Waals surface area contributed by atoms with Crippen molar-refractivity contribution in [1.82, 2.24) is 34.7 Å². The number of benzene rings is 1. The van der Waals surface area contributed by atoms with E-state index in [0.717, 1.165) is 33.9 Å². The van der Waals surface area contributed by atoms with Crippen molar-refractivity contribution in [3.8, 4) is 11.4 Å². The van der Waals surface area contributed by atoms with Crippen LogP contribution >= 0.6 is 0 Å². The first-order valence-corrected chi connectivity index (χ1v) is 15.9. The quantitative estimate of drug-likeness (QED) is 0.381. The molecule has 0 unspecified atom stereocenters. The number of fused-ring (bicyclic) bond motifs is 1. The van der Waals surface area contributed by atoms with Crippen LogP contribution in [0.1, 0.15) is 85.3 Å². The summed E-state index contributed by atoms with van der Waals surface area (Å²) in [6.45, 7) is 15.5. The SMILES string of the molecule is CC1(C)CCC[C@@H]2CCCN21.CCC(C)C.Cc1nc(Nc2ccc(O[C@@H]3CCOC3)c(-n3nnn(C)c3=O)c2)ncc1F. The van der Waals surface area contributed by atoms with Crippen molar-refractivity contribution in [2.24, 2.45) is 13.0 Å². The molecule has 11 nitrogen and oxygen atoms in total. The summed E-state index contributed by atoms with van der Waals surface area (Å²) in [7, 11) is 1.51. The van der Waals surface area contributed by atoms with E-state index < -0.39 is 11.5 Å². The van der Waals surface area contributed by atoms with E-state index in [9.17, 15) is 9.18 Å². The van der Waals surface area contributed by atoms with Gasteiger partial charge in [0, 0.05) is 30.7 Å². The maximum Gasteiger partial charge on any atom is 0.368 e. The molecule has 0 saturated carbocycles. The summed E-state index contributed by atoms with van der Waals surface area (Å²) in [6, 6.07) is 6.08. The van der Waals surface area contributed by atoms with Crippen molar-refractivity contribution in [2.75, 3.05) is 25.1 Å². The molecule has 3 aliphatic heterocycles. The topological polar surface area (TPSA) is 112 Å². The molecule has 242 valence electrons. The number of halogens is 1. The first-order valence-electron chi connectivity index (χ1n) is 15.9. The van der Waals surface area contributed by atoms with E-state index in [0.29, 0.717) is 35.9 Å². The second-order valence-corrected chi connectivity index (χ2v) is 12.8. The molecule has 3 saturated heterocycles. The first kappa shape index (κ1) is 33.5. The van der Waals surface area contributed by atoms with Gasteiger partial charge < -0.3 is 14.8 Å². The standard InChI is InChI=1S/C17H18FN7O3.C10H19N.C5H12/c1-10-13(18)8-19-16(20-10)21-11-3-4-15(28-12-5-6-27-9-12)14(7-11)25-17(26)24(2)22-23-25;1-10(2)7-3-5-9-6-4-8-11(9)10;1-4-5(2)3/h3-4,7-8,12H,5-6,9H2,1-2H3,(H,19,20,21);9H,3-8H2,1-2H3;5H,4H2,1-3H3/t12-;9-;/m11./s1. The largest absolute Gasteiger partial charge is 0.486 e. The number of hydrogen-bond donors (Lipinski definition) is 1. The maximum absolute atomic E-state index is 13.4. The molecule has 3 aliphatic rings. The maximum atomic E-state index is 13.4. The Labute approximate surface area is 260 Å². The number of ether oxygens (including phenoxy) is 2. The Morgan fingerprint density at radius 1 is 1.18 bits per heavy atom. The molecule has 3 fully saturated rings. The highest BCUT2D eigenvalue weighted by Crippen LogP contribution is 2.37. The fourth-order valence-electron chi connectivity index (χ4n) is 5.60. The molecule has 1 aromatic carbocycles. The first-order chi connectivity index (χ1) is 21.0. The highest BCUT2D eigenvalue weighted by Gasteiger charge is 2.38. The zero-order valence-corrected chi connectivity index (χ0v) is 27.3. The van der Waals surface area contributed by atoms with E-state index in [1.165, 1.54) is 52.1 Å². The lowest BCUT2D eigenvalue weighted by atomic mass is 9.87. The molecule has 0 spiro atoms. The number of aryl methyl sites for hydroxylation is 2. The van der Waals surface area contributed by atoms with Crippen LogP contribution in [0.25, 0.3) is 5.69 Å². The zero-order valence-electron chi connectivity index (χ0n) is 27.3. The lowest BCUT2D eigenvalue weighted by Crippen LogP contribution is -2.49. The number of nitrogens with one attached hydrogen (secondary N) is 1. The Balaban J connectivity index is 0.000000226. The Kier molecular flexibility index (Phi) is 11.5. The fourth-order valence-corrected chi connectivity index (χ4v) is 5.60. The smallest absolute Gasteiger partial charge is 0.368 e. The lowest BCUT2D eigenvalue weighted by molar-refractivity contribution is 0.0567. The predicted octanol–water partition coefficient (Wildman–Crippen LogP) is 5.58. The van der Waals surface area contributed by atoms with Gasteiger partial charge in [0.2, 0.25) is 5.95 Å². The van der Waals surface area contributed by atoms with Gasteiger partial charge in [-0.3, -0.25) is 4.90 Å². The molecule has 1 N–H and O–H groups in total.